The van der Waals surface area contributed by atoms with E-state index >= 15 is 0 Å². The van der Waals surface area contributed by atoms with E-state index in [-0.39, 0.29) is 6.04 Å². The lowest BCUT2D eigenvalue weighted by molar-refractivity contribution is 0.595. The highest BCUT2D eigenvalue weighted by Crippen LogP contribution is 2.31. The molecule has 0 saturated heterocycles. The quantitative estimate of drug-likeness (QED) is 0.625. The van der Waals surface area contributed by atoms with Gasteiger partial charge in [-0.25, -0.2) is 8.42 Å². The van der Waals surface area contributed by atoms with Gasteiger partial charge in [0.2, 0.25) is 0 Å². The van der Waals surface area contributed by atoms with E-state index in [0.29, 0.717) is 11.7 Å². The van der Waals surface area contributed by atoms with E-state index < -0.39 is 9.84 Å². The maximum Gasteiger partial charge on any atom is 0.147 e. The minimum absolute atomic E-state index is 0.279. The van der Waals surface area contributed by atoms with Crippen molar-refractivity contribution in [3.8, 4) is 0 Å². The Morgan fingerprint density at radius 3 is 2.40 bits per heavy atom. The molecule has 1 saturated carbocycles. The molecule has 0 bridgehead atoms. The van der Waals surface area contributed by atoms with Crippen LogP contribution in [-0.2, 0) is 9.84 Å². The lowest BCUT2D eigenvalue weighted by Gasteiger charge is -1.94. The molecule has 0 amide bonds. The van der Waals surface area contributed by atoms with Crippen molar-refractivity contribution in [1.29, 1.82) is 0 Å². The average Bonchev–Trinajstić information content (AvgIpc) is 2.40. The summed E-state index contributed by atoms with van der Waals surface area (Å²) in [7, 11) is -2.76. The van der Waals surface area contributed by atoms with Gasteiger partial charge in [0.1, 0.15) is 9.84 Å². The molecule has 2 N–H and O–H groups in total. The third-order valence-electron chi connectivity index (χ3n) is 1.84. The number of nitrogens with two attached hydrogens (primary N) is 1. The summed E-state index contributed by atoms with van der Waals surface area (Å²) >= 11 is 0. The van der Waals surface area contributed by atoms with Crippen LogP contribution in [0.2, 0.25) is 0 Å². The molecule has 60 valence electrons. The lowest BCUT2D eigenvalue weighted by Crippen LogP contribution is -2.07. The first kappa shape index (κ1) is 8.01. The molecule has 0 aromatic heterocycles. The summed E-state index contributed by atoms with van der Waals surface area (Å²) in [6.07, 6.45) is 3.02. The normalized spacial score (nSPS) is 32.2. The van der Waals surface area contributed by atoms with Crippen molar-refractivity contribution >= 4 is 9.84 Å². The number of sulfone groups is 1. The predicted molar refractivity (Wildman–Crippen MR) is 40.4 cm³/mol. The molecule has 10 heavy (non-hydrogen) atoms. The Morgan fingerprint density at radius 2 is 2.10 bits per heavy atom. The molecule has 0 heterocycles. The molecule has 1 aliphatic carbocycles. The standard InChI is InChI=1S/C6H13NO2S/c1-10(8,9)3-2-5-4-6(5)7/h5-6H,2-4,7H2,1H3/t5-,6-/m1/s1. The predicted octanol–water partition coefficient (Wildman–Crippen LogP) is -0.232. The molecule has 4 heteroatoms. The van der Waals surface area contributed by atoms with Crippen molar-refractivity contribution in [3.05, 3.63) is 0 Å². The van der Waals surface area contributed by atoms with Crippen molar-refractivity contribution in [1.82, 2.24) is 0 Å². The van der Waals surface area contributed by atoms with Gasteiger partial charge in [0.05, 0.1) is 5.75 Å². The number of hydrogen-bond donors (Lipinski definition) is 1. The van der Waals surface area contributed by atoms with Gasteiger partial charge in [-0.2, -0.15) is 0 Å². The molecule has 0 aliphatic heterocycles. The first-order valence-electron chi connectivity index (χ1n) is 3.42. The van der Waals surface area contributed by atoms with E-state index in [0.717, 1.165) is 12.8 Å². The zero-order chi connectivity index (χ0) is 7.78. The highest BCUT2D eigenvalue weighted by atomic mass is 32.2. The molecule has 0 aromatic carbocycles. The van der Waals surface area contributed by atoms with Gasteiger partial charge >= 0.3 is 0 Å². The molecule has 1 rings (SSSR count). The van der Waals surface area contributed by atoms with E-state index in [1.54, 1.807) is 0 Å². The largest absolute Gasteiger partial charge is 0.327 e. The van der Waals surface area contributed by atoms with Crippen LogP contribution in [0.1, 0.15) is 12.8 Å². The fourth-order valence-corrected chi connectivity index (χ4v) is 1.70. The van der Waals surface area contributed by atoms with Crippen LogP contribution in [0.5, 0.6) is 0 Å². The molecule has 1 aliphatic rings. The Labute approximate surface area is 61.5 Å². The first-order chi connectivity index (χ1) is 4.49. The second-order valence-electron chi connectivity index (χ2n) is 3.08. The minimum atomic E-state index is -2.76. The molecular formula is C6H13NO2S. The van der Waals surface area contributed by atoms with Crippen molar-refractivity contribution in [2.75, 3.05) is 12.0 Å². The van der Waals surface area contributed by atoms with Crippen LogP contribution in [0.4, 0.5) is 0 Å². The summed E-state index contributed by atoms with van der Waals surface area (Å²) in [5, 5.41) is 0. The topological polar surface area (TPSA) is 60.2 Å². The second kappa shape index (κ2) is 2.51. The van der Waals surface area contributed by atoms with Gasteiger partial charge in [0, 0.05) is 12.3 Å². The van der Waals surface area contributed by atoms with E-state index in [9.17, 15) is 8.42 Å². The Balaban J connectivity index is 2.18. The van der Waals surface area contributed by atoms with Crippen LogP contribution in [0, 0.1) is 5.92 Å². The van der Waals surface area contributed by atoms with Gasteiger partial charge in [-0.05, 0) is 18.8 Å². The molecular weight excluding hydrogens is 150 g/mol. The molecule has 3 nitrogen and oxygen atoms in total. The highest BCUT2D eigenvalue weighted by molar-refractivity contribution is 7.90. The van der Waals surface area contributed by atoms with Crippen LogP contribution in [-0.4, -0.2) is 26.5 Å². The van der Waals surface area contributed by atoms with E-state index in [1.807, 2.05) is 0 Å². The Hall–Kier alpha value is -0.0900. The summed E-state index contributed by atoms with van der Waals surface area (Å²) in [5.41, 5.74) is 5.50. The maximum absolute atomic E-state index is 10.6. The third kappa shape index (κ3) is 2.66. The monoisotopic (exact) mass is 163 g/mol. The van der Waals surface area contributed by atoms with Crippen LogP contribution in [0.3, 0.4) is 0 Å². The SMILES string of the molecule is CS(=O)(=O)CC[C@@H]1C[C@H]1N. The number of rotatable bonds is 3. The van der Waals surface area contributed by atoms with E-state index in [1.165, 1.54) is 6.26 Å². The van der Waals surface area contributed by atoms with Gasteiger partial charge in [-0.15, -0.1) is 0 Å². The van der Waals surface area contributed by atoms with Gasteiger partial charge in [-0.3, -0.25) is 0 Å². The molecule has 0 aromatic rings. The zero-order valence-electron chi connectivity index (χ0n) is 6.08. The second-order valence-corrected chi connectivity index (χ2v) is 5.34. The molecule has 0 spiro atoms. The molecule has 1 fully saturated rings. The fraction of sp³-hybridized carbons (Fsp3) is 1.00. The molecule has 0 radical (unpaired) electrons. The van der Waals surface area contributed by atoms with Crippen LogP contribution < -0.4 is 5.73 Å². The first-order valence-corrected chi connectivity index (χ1v) is 5.48. The summed E-state index contributed by atoms with van der Waals surface area (Å²) in [5.74, 6) is 0.778. The Morgan fingerprint density at radius 1 is 1.60 bits per heavy atom. The summed E-state index contributed by atoms with van der Waals surface area (Å²) in [4.78, 5) is 0. The van der Waals surface area contributed by atoms with Crippen LogP contribution >= 0.6 is 0 Å². The van der Waals surface area contributed by atoms with Gasteiger partial charge in [0.25, 0.3) is 0 Å². The summed E-state index contributed by atoms with van der Waals surface area (Å²) < 4.78 is 21.3. The van der Waals surface area contributed by atoms with Crippen molar-refractivity contribution in [2.24, 2.45) is 11.7 Å². The fourth-order valence-electron chi connectivity index (χ4n) is 0.968. The smallest absolute Gasteiger partial charge is 0.147 e. The van der Waals surface area contributed by atoms with Crippen LogP contribution in [0.15, 0.2) is 0 Å². The average molecular weight is 163 g/mol. The summed E-state index contributed by atoms with van der Waals surface area (Å²) in [6, 6.07) is 0.279. The Bertz CT molecular complexity index is 210. The molecule has 0 unspecified atom stereocenters. The zero-order valence-corrected chi connectivity index (χ0v) is 6.89. The Kier molecular flexibility index (Phi) is 2.01. The van der Waals surface area contributed by atoms with E-state index in [2.05, 4.69) is 0 Å². The lowest BCUT2D eigenvalue weighted by atomic mass is 10.3. The maximum atomic E-state index is 10.6. The third-order valence-corrected chi connectivity index (χ3v) is 2.81. The summed E-state index contributed by atoms with van der Waals surface area (Å²) in [6.45, 7) is 0. The van der Waals surface area contributed by atoms with Crippen LogP contribution in [0.25, 0.3) is 0 Å². The van der Waals surface area contributed by atoms with Crippen molar-refractivity contribution in [3.63, 3.8) is 0 Å². The van der Waals surface area contributed by atoms with Gasteiger partial charge in [0.15, 0.2) is 0 Å². The van der Waals surface area contributed by atoms with Crippen molar-refractivity contribution in [2.45, 2.75) is 18.9 Å². The highest BCUT2D eigenvalue weighted by Gasteiger charge is 2.33. The van der Waals surface area contributed by atoms with Gasteiger partial charge < -0.3 is 5.73 Å². The van der Waals surface area contributed by atoms with Crippen molar-refractivity contribution < 1.29 is 8.42 Å². The van der Waals surface area contributed by atoms with Gasteiger partial charge in [-0.1, -0.05) is 0 Å². The minimum Gasteiger partial charge on any atom is -0.327 e. The number of hydrogen-bond acceptors (Lipinski definition) is 3. The van der Waals surface area contributed by atoms with E-state index in [4.69, 9.17) is 5.73 Å². The molecule has 2 atom stereocenters.